The quantitative estimate of drug-likeness (QED) is 0.727. The van der Waals surface area contributed by atoms with Gasteiger partial charge >= 0.3 is 5.97 Å². The van der Waals surface area contributed by atoms with Crippen molar-refractivity contribution >= 4 is 5.97 Å². The molecule has 2 atom stereocenters. The molecule has 4 nitrogen and oxygen atoms in total. The normalized spacial score (nSPS) is 28.7. The molecule has 2 N–H and O–H groups in total. The maximum absolute atomic E-state index is 10.4. The van der Waals surface area contributed by atoms with Crippen molar-refractivity contribution < 1.29 is 14.6 Å². The van der Waals surface area contributed by atoms with Crippen LogP contribution in [-0.2, 0) is 9.53 Å². The summed E-state index contributed by atoms with van der Waals surface area (Å²) >= 11 is 0. The molecule has 1 heterocycles. The van der Waals surface area contributed by atoms with Gasteiger partial charge < -0.3 is 15.2 Å². The van der Waals surface area contributed by atoms with E-state index in [2.05, 4.69) is 12.2 Å². The molecule has 0 aromatic rings. The second-order valence-electron chi connectivity index (χ2n) is 4.69. The molecule has 0 amide bonds. The number of rotatable bonds is 5. The number of ether oxygens (including phenoxy) is 1. The summed E-state index contributed by atoms with van der Waals surface area (Å²) in [6, 6.07) is 0.229. The van der Waals surface area contributed by atoms with Gasteiger partial charge in [0.15, 0.2) is 0 Å². The molecule has 88 valence electrons. The van der Waals surface area contributed by atoms with Crippen LogP contribution < -0.4 is 5.32 Å². The van der Waals surface area contributed by atoms with Gasteiger partial charge in [-0.15, -0.1) is 0 Å². The smallest absolute Gasteiger partial charge is 0.303 e. The first-order chi connectivity index (χ1) is 7.02. The molecule has 4 heteroatoms. The Bertz CT molecular complexity index is 212. The first-order valence-electron chi connectivity index (χ1n) is 5.59. The monoisotopic (exact) mass is 215 g/mol. The van der Waals surface area contributed by atoms with Crippen LogP contribution in [0.2, 0.25) is 0 Å². The fraction of sp³-hybridized carbons (Fsp3) is 0.909. The van der Waals surface area contributed by atoms with Crippen molar-refractivity contribution in [3.8, 4) is 0 Å². The van der Waals surface area contributed by atoms with Crippen LogP contribution in [-0.4, -0.2) is 35.9 Å². The van der Waals surface area contributed by atoms with Crippen molar-refractivity contribution in [3.63, 3.8) is 0 Å². The Morgan fingerprint density at radius 2 is 2.40 bits per heavy atom. The second kappa shape index (κ2) is 5.47. The standard InChI is InChI=1S/C11H21NO3/c1-9(4-5-10(13)14)12-11(2)6-3-7-15-8-11/h9,12H,3-8H2,1-2H3,(H,13,14). The van der Waals surface area contributed by atoms with E-state index in [0.717, 1.165) is 26.1 Å². The van der Waals surface area contributed by atoms with E-state index in [4.69, 9.17) is 9.84 Å². The maximum Gasteiger partial charge on any atom is 0.303 e. The summed E-state index contributed by atoms with van der Waals surface area (Å²) in [6.45, 7) is 5.75. The Morgan fingerprint density at radius 1 is 1.67 bits per heavy atom. The lowest BCUT2D eigenvalue weighted by Gasteiger charge is -2.37. The van der Waals surface area contributed by atoms with E-state index >= 15 is 0 Å². The summed E-state index contributed by atoms with van der Waals surface area (Å²) in [4.78, 5) is 10.4. The van der Waals surface area contributed by atoms with E-state index in [0.29, 0.717) is 6.42 Å². The third-order valence-corrected chi connectivity index (χ3v) is 2.82. The van der Waals surface area contributed by atoms with Gasteiger partial charge in [0.25, 0.3) is 0 Å². The van der Waals surface area contributed by atoms with Crippen molar-refractivity contribution in [1.82, 2.24) is 5.32 Å². The van der Waals surface area contributed by atoms with Crippen molar-refractivity contribution in [3.05, 3.63) is 0 Å². The van der Waals surface area contributed by atoms with Gasteiger partial charge in [-0.2, -0.15) is 0 Å². The Labute approximate surface area is 91.0 Å². The third kappa shape index (κ3) is 4.62. The molecule has 0 saturated carbocycles. The van der Waals surface area contributed by atoms with Gasteiger partial charge in [-0.25, -0.2) is 0 Å². The molecule has 0 radical (unpaired) electrons. The number of nitrogens with one attached hydrogen (secondary N) is 1. The van der Waals surface area contributed by atoms with Crippen LogP contribution in [0, 0.1) is 0 Å². The predicted octanol–water partition coefficient (Wildman–Crippen LogP) is 1.40. The van der Waals surface area contributed by atoms with Gasteiger partial charge in [-0.05, 0) is 33.1 Å². The molecular weight excluding hydrogens is 194 g/mol. The summed E-state index contributed by atoms with van der Waals surface area (Å²) in [6.07, 6.45) is 3.08. The van der Waals surface area contributed by atoms with Gasteiger partial charge in [-0.1, -0.05) is 0 Å². The van der Waals surface area contributed by atoms with Crippen molar-refractivity contribution in [2.75, 3.05) is 13.2 Å². The zero-order valence-corrected chi connectivity index (χ0v) is 9.58. The fourth-order valence-corrected chi connectivity index (χ4v) is 2.05. The highest BCUT2D eigenvalue weighted by Gasteiger charge is 2.28. The lowest BCUT2D eigenvalue weighted by molar-refractivity contribution is -0.137. The number of aliphatic carboxylic acids is 1. The average Bonchev–Trinajstić information content (AvgIpc) is 2.15. The number of hydrogen-bond acceptors (Lipinski definition) is 3. The highest BCUT2D eigenvalue weighted by molar-refractivity contribution is 5.66. The van der Waals surface area contributed by atoms with E-state index in [1.54, 1.807) is 0 Å². The molecule has 2 unspecified atom stereocenters. The lowest BCUT2D eigenvalue weighted by Crippen LogP contribution is -2.52. The SMILES string of the molecule is CC(CCC(=O)O)NC1(C)CCCOC1. The summed E-state index contributed by atoms with van der Waals surface area (Å²) in [5, 5.41) is 12.0. The molecule has 1 fully saturated rings. The van der Waals surface area contributed by atoms with Gasteiger partial charge in [-0.3, -0.25) is 4.79 Å². The van der Waals surface area contributed by atoms with E-state index in [1.165, 1.54) is 0 Å². The summed E-state index contributed by atoms with van der Waals surface area (Å²) in [5.41, 5.74) is 0.0240. The molecule has 1 aliphatic rings. The second-order valence-corrected chi connectivity index (χ2v) is 4.69. The van der Waals surface area contributed by atoms with Crippen LogP contribution >= 0.6 is 0 Å². The van der Waals surface area contributed by atoms with E-state index < -0.39 is 5.97 Å². The molecular formula is C11H21NO3. The highest BCUT2D eigenvalue weighted by atomic mass is 16.5. The minimum atomic E-state index is -0.728. The van der Waals surface area contributed by atoms with Crippen molar-refractivity contribution in [2.45, 2.75) is 51.1 Å². The average molecular weight is 215 g/mol. The van der Waals surface area contributed by atoms with E-state index in [-0.39, 0.29) is 18.0 Å². The van der Waals surface area contributed by atoms with Gasteiger partial charge in [0.05, 0.1) is 6.61 Å². The maximum atomic E-state index is 10.4. The van der Waals surface area contributed by atoms with Crippen LogP contribution in [0.3, 0.4) is 0 Å². The van der Waals surface area contributed by atoms with Gasteiger partial charge in [0.1, 0.15) is 0 Å². The Kier molecular flexibility index (Phi) is 4.54. The fourth-order valence-electron chi connectivity index (χ4n) is 2.05. The lowest BCUT2D eigenvalue weighted by atomic mass is 9.93. The van der Waals surface area contributed by atoms with Crippen molar-refractivity contribution in [2.24, 2.45) is 0 Å². The Hall–Kier alpha value is -0.610. The van der Waals surface area contributed by atoms with Crippen molar-refractivity contribution in [1.29, 1.82) is 0 Å². The number of hydrogen-bond donors (Lipinski definition) is 2. The van der Waals surface area contributed by atoms with Crippen LogP contribution in [0.15, 0.2) is 0 Å². The molecule has 1 saturated heterocycles. The zero-order valence-electron chi connectivity index (χ0n) is 9.58. The Morgan fingerprint density at radius 3 is 2.93 bits per heavy atom. The molecule has 1 rings (SSSR count). The van der Waals surface area contributed by atoms with Crippen LogP contribution in [0.4, 0.5) is 0 Å². The number of carboxylic acid groups (broad SMARTS) is 1. The number of carboxylic acids is 1. The number of carbonyl (C=O) groups is 1. The van der Waals surface area contributed by atoms with Crippen LogP contribution in [0.5, 0.6) is 0 Å². The first kappa shape index (κ1) is 12.5. The van der Waals surface area contributed by atoms with E-state index in [9.17, 15) is 4.79 Å². The predicted molar refractivity (Wildman–Crippen MR) is 57.9 cm³/mol. The molecule has 0 bridgehead atoms. The van der Waals surface area contributed by atoms with Crippen LogP contribution in [0.25, 0.3) is 0 Å². The summed E-state index contributed by atoms with van der Waals surface area (Å²) in [7, 11) is 0. The minimum absolute atomic E-state index is 0.0240. The molecule has 1 aliphatic heterocycles. The zero-order chi connectivity index (χ0) is 11.3. The molecule has 0 aliphatic carbocycles. The minimum Gasteiger partial charge on any atom is -0.481 e. The highest BCUT2D eigenvalue weighted by Crippen LogP contribution is 2.19. The largest absolute Gasteiger partial charge is 0.481 e. The topological polar surface area (TPSA) is 58.6 Å². The molecule has 0 spiro atoms. The van der Waals surface area contributed by atoms with Crippen LogP contribution in [0.1, 0.15) is 39.5 Å². The summed E-state index contributed by atoms with van der Waals surface area (Å²) < 4.78 is 5.43. The summed E-state index contributed by atoms with van der Waals surface area (Å²) in [5.74, 6) is -0.728. The molecule has 0 aromatic carbocycles. The van der Waals surface area contributed by atoms with Gasteiger partial charge in [0, 0.05) is 24.6 Å². The first-order valence-corrected chi connectivity index (χ1v) is 5.59. The van der Waals surface area contributed by atoms with E-state index in [1.807, 2.05) is 6.92 Å². The molecule has 15 heavy (non-hydrogen) atoms. The van der Waals surface area contributed by atoms with Gasteiger partial charge in [0.2, 0.25) is 0 Å². The third-order valence-electron chi connectivity index (χ3n) is 2.82. The molecule has 0 aromatic heterocycles. The Balaban J connectivity index is 2.28.